The number of halogens is 1. The molecule has 0 spiro atoms. The lowest BCUT2D eigenvalue weighted by molar-refractivity contribution is 0.414. The van der Waals surface area contributed by atoms with Crippen LogP contribution in [0.4, 0.5) is 4.39 Å². The fourth-order valence-corrected chi connectivity index (χ4v) is 7.16. The molecule has 7 rings (SSSR count). The van der Waals surface area contributed by atoms with Gasteiger partial charge in [-0.25, -0.2) is 9.38 Å². The lowest BCUT2D eigenvalue weighted by Gasteiger charge is -2.30. The standard InChI is InChI=1S/C34H28FN3O2S/c1-20-18-24(21(2)37(20)26-13-11-25(35)12-14-26)19-30-33(39)38-32(23-8-15-27(40-3)16-9-23)29-17-10-22-6-4-5-7-28(22)31(29)36-34(38)41-30/h4-9,11-16,18-19,32H,10,17H2,1-3H3/b30-19+/t32-/m1/s1. The Kier molecular flexibility index (Phi) is 6.12. The number of hydrogen-bond donors (Lipinski definition) is 0. The quantitative estimate of drug-likeness (QED) is 0.276. The Morgan fingerprint density at radius 2 is 1.76 bits per heavy atom. The van der Waals surface area contributed by atoms with Gasteiger partial charge in [-0.3, -0.25) is 9.36 Å². The molecule has 0 bridgehead atoms. The van der Waals surface area contributed by atoms with Gasteiger partial charge in [-0.1, -0.05) is 47.7 Å². The molecular weight excluding hydrogens is 533 g/mol. The minimum Gasteiger partial charge on any atom is -0.497 e. The van der Waals surface area contributed by atoms with Gasteiger partial charge in [-0.2, -0.15) is 0 Å². The molecule has 3 aromatic carbocycles. The van der Waals surface area contributed by atoms with E-state index in [-0.39, 0.29) is 17.4 Å². The van der Waals surface area contributed by atoms with E-state index >= 15 is 0 Å². The van der Waals surface area contributed by atoms with Crippen molar-refractivity contribution in [2.24, 2.45) is 4.99 Å². The van der Waals surface area contributed by atoms with Crippen molar-refractivity contribution in [3.63, 3.8) is 0 Å². The van der Waals surface area contributed by atoms with Gasteiger partial charge in [0.2, 0.25) is 0 Å². The van der Waals surface area contributed by atoms with Gasteiger partial charge in [-0.05, 0) is 97.5 Å². The van der Waals surface area contributed by atoms with Crippen LogP contribution in [0, 0.1) is 19.7 Å². The lowest BCUT2D eigenvalue weighted by atomic mass is 9.83. The average Bonchev–Trinajstić information content (AvgIpc) is 3.46. The Labute approximate surface area is 240 Å². The summed E-state index contributed by atoms with van der Waals surface area (Å²) in [5.74, 6) is 0.509. The molecule has 0 saturated heterocycles. The van der Waals surface area contributed by atoms with Crippen LogP contribution in [0.15, 0.2) is 94.2 Å². The molecule has 0 unspecified atom stereocenters. The van der Waals surface area contributed by atoms with Crippen LogP contribution < -0.4 is 19.6 Å². The Morgan fingerprint density at radius 3 is 2.51 bits per heavy atom. The zero-order chi connectivity index (χ0) is 28.2. The molecule has 0 radical (unpaired) electrons. The van der Waals surface area contributed by atoms with Crippen LogP contribution in [0.1, 0.15) is 46.1 Å². The summed E-state index contributed by atoms with van der Waals surface area (Å²) in [6.45, 7) is 4.04. The third-order valence-corrected chi connectivity index (χ3v) is 9.13. The third-order valence-electron chi connectivity index (χ3n) is 8.15. The highest BCUT2D eigenvalue weighted by atomic mass is 32.1. The molecular formula is C34H28FN3O2S. The summed E-state index contributed by atoms with van der Waals surface area (Å²) in [5.41, 5.74) is 9.40. The first-order chi connectivity index (χ1) is 19.9. The summed E-state index contributed by atoms with van der Waals surface area (Å²) < 4.78 is 23.6. The molecule has 1 aliphatic heterocycles. The second-order valence-electron chi connectivity index (χ2n) is 10.5. The van der Waals surface area contributed by atoms with Gasteiger partial charge in [0.05, 0.1) is 23.4 Å². The number of benzene rings is 3. The molecule has 2 aliphatic rings. The van der Waals surface area contributed by atoms with Crippen LogP contribution in [0.3, 0.4) is 0 Å². The fraction of sp³-hybridized carbons (Fsp3) is 0.176. The molecule has 0 N–H and O–H groups in total. The lowest BCUT2D eigenvalue weighted by Crippen LogP contribution is -2.38. The number of hydrogen-bond acceptors (Lipinski definition) is 4. The highest BCUT2D eigenvalue weighted by Crippen LogP contribution is 2.41. The van der Waals surface area contributed by atoms with Crippen LogP contribution in [0.2, 0.25) is 0 Å². The van der Waals surface area contributed by atoms with Crippen molar-refractivity contribution >= 4 is 23.1 Å². The van der Waals surface area contributed by atoms with Gasteiger partial charge in [0, 0.05) is 22.6 Å². The number of aryl methyl sites for hydroxylation is 2. The van der Waals surface area contributed by atoms with E-state index in [0.717, 1.165) is 58.1 Å². The van der Waals surface area contributed by atoms with E-state index in [1.807, 2.05) is 48.8 Å². The zero-order valence-electron chi connectivity index (χ0n) is 23.0. The van der Waals surface area contributed by atoms with Crippen molar-refractivity contribution in [2.75, 3.05) is 7.11 Å². The first kappa shape index (κ1) is 25.5. The molecule has 0 fully saturated rings. The Balaban J connectivity index is 1.42. The molecule has 1 atom stereocenters. The molecule has 1 aliphatic carbocycles. The number of rotatable bonds is 4. The predicted octanol–water partition coefficient (Wildman–Crippen LogP) is 5.87. The maximum absolute atomic E-state index is 14.1. The number of ether oxygens (including phenoxy) is 1. The Bertz CT molecular complexity index is 2030. The fourth-order valence-electron chi connectivity index (χ4n) is 6.17. The number of fused-ring (bicyclic) bond motifs is 3. The van der Waals surface area contributed by atoms with Crippen LogP contribution in [0.5, 0.6) is 5.75 Å². The molecule has 2 aromatic heterocycles. The Hall–Kier alpha value is -4.49. The number of thiazole rings is 1. The van der Waals surface area contributed by atoms with Crippen molar-refractivity contribution in [1.29, 1.82) is 0 Å². The summed E-state index contributed by atoms with van der Waals surface area (Å²) in [7, 11) is 1.66. The van der Waals surface area contributed by atoms with Gasteiger partial charge in [0.25, 0.3) is 5.56 Å². The van der Waals surface area contributed by atoms with Gasteiger partial charge < -0.3 is 9.30 Å². The van der Waals surface area contributed by atoms with E-state index in [9.17, 15) is 9.18 Å². The topological polar surface area (TPSA) is 48.5 Å². The van der Waals surface area contributed by atoms with Crippen LogP contribution in [-0.2, 0) is 6.42 Å². The Morgan fingerprint density at radius 1 is 1.00 bits per heavy atom. The summed E-state index contributed by atoms with van der Waals surface area (Å²) in [6.07, 6.45) is 3.72. The van der Waals surface area contributed by atoms with E-state index < -0.39 is 0 Å². The number of nitrogens with zero attached hydrogens (tertiary/aromatic N) is 3. The van der Waals surface area contributed by atoms with E-state index in [1.54, 1.807) is 19.2 Å². The molecule has 41 heavy (non-hydrogen) atoms. The predicted molar refractivity (Wildman–Crippen MR) is 161 cm³/mol. The molecule has 0 saturated carbocycles. The largest absolute Gasteiger partial charge is 0.497 e. The third kappa shape index (κ3) is 4.19. The molecule has 0 amide bonds. The molecule has 5 nitrogen and oxygen atoms in total. The number of allylic oxidation sites excluding steroid dienone is 1. The van der Waals surface area contributed by atoms with Crippen molar-refractivity contribution in [2.45, 2.75) is 32.7 Å². The van der Waals surface area contributed by atoms with Crippen molar-refractivity contribution < 1.29 is 9.13 Å². The van der Waals surface area contributed by atoms with E-state index in [1.165, 1.54) is 34.6 Å². The molecule has 5 aromatic rings. The minimum absolute atomic E-state index is 0.0495. The second kappa shape index (κ2) is 9.85. The van der Waals surface area contributed by atoms with Gasteiger partial charge in [-0.15, -0.1) is 0 Å². The molecule has 204 valence electrons. The van der Waals surface area contributed by atoms with Gasteiger partial charge >= 0.3 is 0 Å². The maximum Gasteiger partial charge on any atom is 0.271 e. The molecule has 3 heterocycles. The second-order valence-corrected chi connectivity index (χ2v) is 11.5. The highest BCUT2D eigenvalue weighted by Gasteiger charge is 2.32. The summed E-state index contributed by atoms with van der Waals surface area (Å²) in [6, 6.07) is 24.7. The maximum atomic E-state index is 14.1. The van der Waals surface area contributed by atoms with E-state index in [4.69, 9.17) is 9.73 Å². The first-order valence-electron chi connectivity index (χ1n) is 13.6. The van der Waals surface area contributed by atoms with Crippen LogP contribution >= 0.6 is 11.3 Å². The van der Waals surface area contributed by atoms with Crippen molar-refractivity contribution in [1.82, 2.24) is 9.13 Å². The minimum atomic E-state index is -0.269. The SMILES string of the molecule is COc1ccc([C@@H]2C3=C(N=c4s/c(=C/c5cc(C)n(-c6ccc(F)cc6)c5C)c(=O)n42)c2ccccc2CC3)cc1. The van der Waals surface area contributed by atoms with Gasteiger partial charge in [0.15, 0.2) is 4.80 Å². The monoisotopic (exact) mass is 561 g/mol. The zero-order valence-corrected chi connectivity index (χ0v) is 23.8. The first-order valence-corrected chi connectivity index (χ1v) is 14.5. The number of aromatic nitrogens is 2. The van der Waals surface area contributed by atoms with Gasteiger partial charge in [0.1, 0.15) is 11.6 Å². The summed E-state index contributed by atoms with van der Waals surface area (Å²) >= 11 is 1.43. The van der Waals surface area contributed by atoms with Crippen LogP contribution in [-0.4, -0.2) is 16.2 Å². The summed E-state index contributed by atoms with van der Waals surface area (Å²) in [4.78, 5) is 20.0. The number of methoxy groups -OCH3 is 1. The molecule has 7 heteroatoms. The van der Waals surface area contributed by atoms with E-state index in [0.29, 0.717) is 9.33 Å². The highest BCUT2D eigenvalue weighted by molar-refractivity contribution is 7.07. The van der Waals surface area contributed by atoms with Crippen molar-refractivity contribution in [3.05, 3.63) is 144 Å². The smallest absolute Gasteiger partial charge is 0.271 e. The summed E-state index contributed by atoms with van der Waals surface area (Å²) in [5, 5.41) is 0. The normalized spacial score (nSPS) is 16.2. The van der Waals surface area contributed by atoms with Crippen LogP contribution in [0.25, 0.3) is 17.5 Å². The average molecular weight is 562 g/mol. The van der Waals surface area contributed by atoms with E-state index in [2.05, 4.69) is 34.9 Å². The van der Waals surface area contributed by atoms with Crippen molar-refractivity contribution in [3.8, 4) is 11.4 Å².